The smallest absolute Gasteiger partial charge is 0.338 e. The lowest BCUT2D eigenvalue weighted by atomic mass is 9.47. The maximum Gasteiger partial charge on any atom is 0.338 e. The third-order valence-electron chi connectivity index (χ3n) is 10.3. The van der Waals surface area contributed by atoms with Crippen molar-refractivity contribution in [3.8, 4) is 16.9 Å². The van der Waals surface area contributed by atoms with Gasteiger partial charge in [-0.1, -0.05) is 30.8 Å². The standard InChI is InChI=1S/C39H51NO6/c1-26(37(42)45-38(2,3)4)31-13-16-33(34(22-31)39-23-27-19-28(24-39)21-29(20-27)25-39)30-11-14-32(15-12-30)43-17-7-5-9-35(41)40-46-36-10-6-8-18-44-36/h11-16,22,27-29,36H,1,5-10,17-21,23-25H2,2-4H3,(H,40,41). The highest BCUT2D eigenvalue weighted by atomic mass is 16.8. The topological polar surface area (TPSA) is 83.1 Å². The largest absolute Gasteiger partial charge is 0.494 e. The zero-order chi connectivity index (χ0) is 32.3. The lowest BCUT2D eigenvalue weighted by Crippen LogP contribution is -2.48. The average Bonchev–Trinajstić information content (AvgIpc) is 3.02. The predicted molar refractivity (Wildman–Crippen MR) is 179 cm³/mol. The molecule has 1 unspecified atom stereocenters. The highest BCUT2D eigenvalue weighted by Gasteiger charge is 2.52. The first-order valence-corrected chi connectivity index (χ1v) is 17.4. The molecule has 4 bridgehead atoms. The summed E-state index contributed by atoms with van der Waals surface area (Å²) in [5.41, 5.74) is 7.12. The molecule has 5 aliphatic rings. The fourth-order valence-electron chi connectivity index (χ4n) is 8.62. The van der Waals surface area contributed by atoms with E-state index >= 15 is 0 Å². The van der Waals surface area contributed by atoms with E-state index in [-0.39, 0.29) is 23.6 Å². The van der Waals surface area contributed by atoms with Gasteiger partial charge in [0.2, 0.25) is 5.91 Å². The fourth-order valence-corrected chi connectivity index (χ4v) is 8.62. The number of unbranched alkanes of at least 4 members (excludes halogenated alkanes) is 1. The van der Waals surface area contributed by atoms with Crippen LogP contribution >= 0.6 is 0 Å². The zero-order valence-corrected chi connectivity index (χ0v) is 27.9. The maximum absolute atomic E-state index is 13.0. The monoisotopic (exact) mass is 629 g/mol. The second kappa shape index (κ2) is 13.9. The van der Waals surface area contributed by atoms with Gasteiger partial charge in [-0.2, -0.15) is 0 Å². The summed E-state index contributed by atoms with van der Waals surface area (Å²) in [5.74, 6) is 2.74. The molecule has 7 rings (SSSR count). The maximum atomic E-state index is 13.0. The van der Waals surface area contributed by atoms with Crippen LogP contribution in [0.1, 0.15) is 109 Å². The number of hydrogen-bond acceptors (Lipinski definition) is 6. The van der Waals surface area contributed by atoms with Crippen LogP contribution in [-0.4, -0.2) is 37.0 Å². The molecule has 1 amide bonds. The van der Waals surface area contributed by atoms with Crippen LogP contribution in [0.25, 0.3) is 16.7 Å². The molecule has 0 spiro atoms. The summed E-state index contributed by atoms with van der Waals surface area (Å²) in [7, 11) is 0. The van der Waals surface area contributed by atoms with E-state index in [4.69, 9.17) is 19.0 Å². The molecule has 7 nitrogen and oxygen atoms in total. The minimum absolute atomic E-state index is 0.131. The number of carbonyl (C=O) groups excluding carboxylic acids is 2. The fraction of sp³-hybridized carbons (Fsp3) is 0.590. The first kappa shape index (κ1) is 32.8. The first-order chi connectivity index (χ1) is 22.1. The Bertz CT molecular complexity index is 1370. The lowest BCUT2D eigenvalue weighted by molar-refractivity contribution is -0.200. The summed E-state index contributed by atoms with van der Waals surface area (Å²) in [6, 6.07) is 14.8. The zero-order valence-electron chi connectivity index (χ0n) is 27.9. The minimum atomic E-state index is -0.569. The van der Waals surface area contributed by atoms with Crippen molar-refractivity contribution in [3.05, 3.63) is 60.2 Å². The van der Waals surface area contributed by atoms with E-state index in [9.17, 15) is 9.59 Å². The number of hydroxylamine groups is 1. The highest BCUT2D eigenvalue weighted by Crippen LogP contribution is 2.62. The van der Waals surface area contributed by atoms with E-state index in [1.165, 1.54) is 49.7 Å². The molecule has 2 aromatic rings. The van der Waals surface area contributed by atoms with Gasteiger partial charge in [-0.05, 0) is 149 Å². The van der Waals surface area contributed by atoms with Crippen molar-refractivity contribution in [2.45, 2.75) is 115 Å². The Morgan fingerprint density at radius 1 is 0.957 bits per heavy atom. The Morgan fingerprint density at radius 2 is 1.65 bits per heavy atom. The van der Waals surface area contributed by atoms with Gasteiger partial charge >= 0.3 is 5.97 Å². The second-order valence-electron chi connectivity index (χ2n) is 15.2. The lowest BCUT2D eigenvalue weighted by Gasteiger charge is -2.57. The van der Waals surface area contributed by atoms with Gasteiger partial charge in [0.1, 0.15) is 11.4 Å². The molecule has 1 heterocycles. The first-order valence-electron chi connectivity index (χ1n) is 17.4. The molecule has 0 radical (unpaired) electrons. The molecule has 1 aliphatic heterocycles. The van der Waals surface area contributed by atoms with Crippen molar-refractivity contribution in [1.29, 1.82) is 0 Å². The Kier molecular flexibility index (Phi) is 9.91. The van der Waals surface area contributed by atoms with Crippen molar-refractivity contribution < 1.29 is 28.6 Å². The quantitative estimate of drug-likeness (QED) is 0.110. The van der Waals surface area contributed by atoms with Crippen molar-refractivity contribution in [3.63, 3.8) is 0 Å². The van der Waals surface area contributed by atoms with Crippen molar-refractivity contribution >= 4 is 17.4 Å². The van der Waals surface area contributed by atoms with E-state index < -0.39 is 5.60 Å². The van der Waals surface area contributed by atoms with Crippen LogP contribution < -0.4 is 10.2 Å². The molecule has 1 atom stereocenters. The van der Waals surface area contributed by atoms with Crippen molar-refractivity contribution in [1.82, 2.24) is 5.48 Å². The summed E-state index contributed by atoms with van der Waals surface area (Å²) in [6.45, 7) is 11.1. The van der Waals surface area contributed by atoms with Crippen molar-refractivity contribution in [2.75, 3.05) is 13.2 Å². The summed E-state index contributed by atoms with van der Waals surface area (Å²) in [6.07, 6.45) is 12.3. The summed E-state index contributed by atoms with van der Waals surface area (Å²) in [4.78, 5) is 30.5. The van der Waals surface area contributed by atoms with Crippen LogP contribution in [0.4, 0.5) is 0 Å². The summed E-state index contributed by atoms with van der Waals surface area (Å²) >= 11 is 0. The molecule has 4 aliphatic carbocycles. The van der Waals surface area contributed by atoms with Crippen LogP contribution in [0.5, 0.6) is 5.75 Å². The number of rotatable bonds is 12. The van der Waals surface area contributed by atoms with Gasteiger partial charge in [0.15, 0.2) is 6.29 Å². The summed E-state index contributed by atoms with van der Waals surface area (Å²) in [5, 5.41) is 0. The number of amides is 1. The molecule has 4 saturated carbocycles. The predicted octanol–water partition coefficient (Wildman–Crippen LogP) is 8.30. The molecule has 248 valence electrons. The van der Waals surface area contributed by atoms with Gasteiger partial charge in [0.25, 0.3) is 0 Å². The van der Waals surface area contributed by atoms with Gasteiger partial charge in [-0.25, -0.2) is 15.1 Å². The number of ether oxygens (including phenoxy) is 3. The Labute approximate surface area is 274 Å². The van der Waals surface area contributed by atoms with Crippen LogP contribution in [0, 0.1) is 17.8 Å². The summed E-state index contributed by atoms with van der Waals surface area (Å²) < 4.78 is 17.2. The molecular formula is C39H51NO6. The number of hydrogen-bond donors (Lipinski definition) is 1. The van der Waals surface area contributed by atoms with Crippen LogP contribution in [0.2, 0.25) is 0 Å². The SMILES string of the molecule is C=C(C(=O)OC(C)(C)C)c1ccc(-c2ccc(OCCCCC(=O)NOC3CCCCO3)cc2)c(C23CC4CC(CC(C4)C2)C3)c1. The number of esters is 1. The second-order valence-corrected chi connectivity index (χ2v) is 15.2. The van der Waals surface area contributed by atoms with Crippen LogP contribution in [0.15, 0.2) is 49.0 Å². The molecule has 1 saturated heterocycles. The van der Waals surface area contributed by atoms with Gasteiger partial charge in [0, 0.05) is 19.4 Å². The number of benzene rings is 2. The highest BCUT2D eigenvalue weighted by molar-refractivity contribution is 6.15. The molecule has 2 aromatic carbocycles. The molecule has 7 heteroatoms. The Morgan fingerprint density at radius 3 is 2.28 bits per heavy atom. The van der Waals surface area contributed by atoms with Gasteiger partial charge in [0.05, 0.1) is 12.2 Å². The Balaban J connectivity index is 1.10. The van der Waals surface area contributed by atoms with E-state index in [2.05, 4.69) is 36.3 Å². The number of nitrogens with one attached hydrogen (secondary N) is 1. The van der Waals surface area contributed by atoms with Crippen molar-refractivity contribution in [2.24, 2.45) is 17.8 Å². The average molecular weight is 630 g/mol. The molecule has 0 aromatic heterocycles. The molecule has 1 N–H and O–H groups in total. The van der Waals surface area contributed by atoms with E-state index in [0.717, 1.165) is 60.3 Å². The molecular weight excluding hydrogens is 578 g/mol. The van der Waals surface area contributed by atoms with Gasteiger partial charge in [-0.15, -0.1) is 0 Å². The van der Waals surface area contributed by atoms with E-state index in [0.29, 0.717) is 31.6 Å². The van der Waals surface area contributed by atoms with E-state index in [1.807, 2.05) is 39.0 Å². The van der Waals surface area contributed by atoms with Crippen LogP contribution in [-0.2, 0) is 29.3 Å². The molecule has 5 fully saturated rings. The Hall–Kier alpha value is -3.16. The van der Waals surface area contributed by atoms with Gasteiger partial charge in [-0.3, -0.25) is 4.79 Å². The minimum Gasteiger partial charge on any atom is -0.494 e. The number of carbonyl (C=O) groups is 2. The van der Waals surface area contributed by atoms with E-state index in [1.54, 1.807) is 0 Å². The molecule has 46 heavy (non-hydrogen) atoms. The third kappa shape index (κ3) is 7.86. The third-order valence-corrected chi connectivity index (χ3v) is 10.3. The normalized spacial score (nSPS) is 26.8. The van der Waals surface area contributed by atoms with Gasteiger partial charge < -0.3 is 14.2 Å². The van der Waals surface area contributed by atoms with Crippen LogP contribution in [0.3, 0.4) is 0 Å².